The molecular weight excluding hydrogens is 238 g/mol. The zero-order valence-corrected chi connectivity index (χ0v) is 13.8. The molecule has 0 heterocycles. The lowest BCUT2D eigenvalue weighted by molar-refractivity contribution is -0.928. The van der Waals surface area contributed by atoms with Gasteiger partial charge in [0.05, 0.1) is 26.2 Å². The standard InChI is InChI=1S/C12H28N.C4H8O2/c1-5-9-13(10-6-2,11-7-3)12-8-4;1-2-3-4(5)6/h5-12H2,1-4H3;2-3H2,1H3,(H,5,6)/q+1;/p-1. The van der Waals surface area contributed by atoms with E-state index in [1.807, 2.05) is 0 Å². The van der Waals surface area contributed by atoms with Crippen LogP contribution >= 0.6 is 0 Å². The van der Waals surface area contributed by atoms with Crippen molar-refractivity contribution in [3.63, 3.8) is 0 Å². The minimum atomic E-state index is -0.961. The second kappa shape index (κ2) is 13.9. The first-order valence-corrected chi connectivity index (χ1v) is 8.06. The van der Waals surface area contributed by atoms with Crippen LogP contribution in [0, 0.1) is 0 Å². The van der Waals surface area contributed by atoms with E-state index in [1.54, 1.807) is 6.92 Å². The van der Waals surface area contributed by atoms with Gasteiger partial charge in [-0.25, -0.2) is 0 Å². The number of carbonyl (C=O) groups excluding carboxylic acids is 1. The maximum atomic E-state index is 9.49. The van der Waals surface area contributed by atoms with E-state index >= 15 is 0 Å². The Morgan fingerprint density at radius 1 is 0.737 bits per heavy atom. The summed E-state index contributed by atoms with van der Waals surface area (Å²) in [5.74, 6) is -0.961. The van der Waals surface area contributed by atoms with Crippen LogP contribution < -0.4 is 5.11 Å². The highest BCUT2D eigenvalue weighted by Gasteiger charge is 2.22. The molecule has 0 amide bonds. The molecule has 0 aliphatic rings. The van der Waals surface area contributed by atoms with Crippen molar-refractivity contribution in [2.45, 2.75) is 73.1 Å². The third-order valence-corrected chi connectivity index (χ3v) is 3.25. The van der Waals surface area contributed by atoms with Crippen LogP contribution in [0.15, 0.2) is 0 Å². The first kappa shape index (κ1) is 20.7. The molecule has 0 aliphatic heterocycles. The molecule has 0 aromatic rings. The van der Waals surface area contributed by atoms with Crippen molar-refractivity contribution >= 4 is 5.97 Å². The monoisotopic (exact) mass is 273 g/mol. The number of carboxylic acid groups (broad SMARTS) is 1. The lowest BCUT2D eigenvalue weighted by atomic mass is 10.2. The van der Waals surface area contributed by atoms with Crippen molar-refractivity contribution in [1.29, 1.82) is 0 Å². The molecule has 0 saturated heterocycles. The summed E-state index contributed by atoms with van der Waals surface area (Å²) in [7, 11) is 0. The van der Waals surface area contributed by atoms with Crippen molar-refractivity contribution in [1.82, 2.24) is 0 Å². The van der Waals surface area contributed by atoms with Gasteiger partial charge in [0.25, 0.3) is 0 Å². The molecule has 0 saturated carbocycles. The van der Waals surface area contributed by atoms with Gasteiger partial charge in [0, 0.05) is 5.97 Å². The van der Waals surface area contributed by atoms with Gasteiger partial charge in [0.2, 0.25) is 0 Å². The van der Waals surface area contributed by atoms with E-state index in [0.717, 1.165) is 0 Å². The van der Waals surface area contributed by atoms with Crippen molar-refractivity contribution in [3.05, 3.63) is 0 Å². The SMILES string of the molecule is CCCC(=O)[O-].CCC[N+](CCC)(CCC)CCC. The number of hydrogen-bond acceptors (Lipinski definition) is 2. The fourth-order valence-corrected chi connectivity index (χ4v) is 2.77. The number of carbonyl (C=O) groups is 1. The molecule has 0 rings (SSSR count). The second-order valence-corrected chi connectivity index (χ2v) is 5.36. The van der Waals surface area contributed by atoms with Gasteiger partial charge in [-0.15, -0.1) is 0 Å². The predicted molar refractivity (Wildman–Crippen MR) is 80.8 cm³/mol. The highest BCUT2D eigenvalue weighted by atomic mass is 16.4. The summed E-state index contributed by atoms with van der Waals surface area (Å²) in [4.78, 5) is 9.49. The third kappa shape index (κ3) is 12.2. The molecule has 0 N–H and O–H groups in total. The third-order valence-electron chi connectivity index (χ3n) is 3.25. The smallest absolute Gasteiger partial charge is 0.0783 e. The van der Waals surface area contributed by atoms with Crippen LogP contribution in [0.25, 0.3) is 0 Å². The summed E-state index contributed by atoms with van der Waals surface area (Å²) in [6.45, 7) is 16.6. The van der Waals surface area contributed by atoms with Crippen molar-refractivity contribution in [2.75, 3.05) is 26.2 Å². The molecule has 0 unspecified atom stereocenters. The molecule has 0 aromatic carbocycles. The zero-order chi connectivity index (χ0) is 15.1. The van der Waals surface area contributed by atoms with E-state index in [2.05, 4.69) is 27.7 Å². The zero-order valence-electron chi connectivity index (χ0n) is 13.8. The minimum absolute atomic E-state index is 0.181. The average Bonchev–Trinajstić information content (AvgIpc) is 2.31. The molecule has 0 aliphatic carbocycles. The quantitative estimate of drug-likeness (QED) is 0.574. The fourth-order valence-electron chi connectivity index (χ4n) is 2.77. The van der Waals surface area contributed by atoms with E-state index < -0.39 is 5.97 Å². The molecule has 116 valence electrons. The average molecular weight is 273 g/mol. The fraction of sp³-hybridized carbons (Fsp3) is 0.938. The minimum Gasteiger partial charge on any atom is -0.550 e. The van der Waals surface area contributed by atoms with E-state index in [9.17, 15) is 9.90 Å². The summed E-state index contributed by atoms with van der Waals surface area (Å²) in [5.41, 5.74) is 0. The maximum Gasteiger partial charge on any atom is 0.0783 e. The number of aliphatic carboxylic acids is 1. The predicted octanol–water partition coefficient (Wildman–Crippen LogP) is 2.98. The number of quaternary nitrogens is 1. The van der Waals surface area contributed by atoms with Crippen LogP contribution in [0.4, 0.5) is 0 Å². The Morgan fingerprint density at radius 3 is 1.16 bits per heavy atom. The Labute approximate surface area is 120 Å². The summed E-state index contributed by atoms with van der Waals surface area (Å²) in [6, 6.07) is 0. The van der Waals surface area contributed by atoms with Crippen LogP contribution in [0.2, 0.25) is 0 Å². The molecule has 3 heteroatoms. The lowest BCUT2D eigenvalue weighted by Crippen LogP contribution is -2.50. The normalized spacial score (nSPS) is 10.8. The van der Waals surface area contributed by atoms with Crippen molar-refractivity contribution < 1.29 is 14.4 Å². The molecule has 3 nitrogen and oxygen atoms in total. The molecule has 19 heavy (non-hydrogen) atoms. The van der Waals surface area contributed by atoms with Crippen LogP contribution in [-0.2, 0) is 4.79 Å². The van der Waals surface area contributed by atoms with Crippen LogP contribution in [0.5, 0.6) is 0 Å². The molecular formula is C16H35NO2. The first-order chi connectivity index (χ1) is 9.01. The Kier molecular flexibility index (Phi) is 15.1. The Bertz CT molecular complexity index is 175. The second-order valence-electron chi connectivity index (χ2n) is 5.36. The van der Waals surface area contributed by atoms with Gasteiger partial charge in [0.15, 0.2) is 0 Å². The molecule has 0 radical (unpaired) electrons. The van der Waals surface area contributed by atoms with Crippen molar-refractivity contribution in [2.24, 2.45) is 0 Å². The van der Waals surface area contributed by atoms with Crippen LogP contribution in [0.1, 0.15) is 73.1 Å². The highest BCUT2D eigenvalue weighted by molar-refractivity contribution is 5.63. The number of hydrogen-bond donors (Lipinski definition) is 0. The first-order valence-electron chi connectivity index (χ1n) is 8.06. The van der Waals surface area contributed by atoms with Crippen LogP contribution in [-0.4, -0.2) is 36.6 Å². The van der Waals surface area contributed by atoms with Crippen molar-refractivity contribution in [3.8, 4) is 0 Å². The van der Waals surface area contributed by atoms with Gasteiger partial charge in [-0.1, -0.05) is 41.0 Å². The number of nitrogens with zero attached hydrogens (tertiary/aromatic N) is 1. The molecule has 0 bridgehead atoms. The number of carboxylic acids is 1. The maximum absolute atomic E-state index is 9.49. The van der Waals surface area contributed by atoms with Gasteiger partial charge in [0.1, 0.15) is 0 Å². The molecule has 0 fully saturated rings. The largest absolute Gasteiger partial charge is 0.550 e. The highest BCUT2D eigenvalue weighted by Crippen LogP contribution is 2.12. The van der Waals surface area contributed by atoms with Gasteiger partial charge in [-0.05, 0) is 32.1 Å². The Morgan fingerprint density at radius 2 is 1.05 bits per heavy atom. The molecule has 0 aromatic heterocycles. The summed E-state index contributed by atoms with van der Waals surface area (Å²) in [6.07, 6.45) is 6.18. The summed E-state index contributed by atoms with van der Waals surface area (Å²) < 4.78 is 1.38. The van der Waals surface area contributed by atoms with E-state index in [0.29, 0.717) is 6.42 Å². The molecule has 0 atom stereocenters. The topological polar surface area (TPSA) is 40.1 Å². The van der Waals surface area contributed by atoms with Gasteiger partial charge in [-0.3, -0.25) is 0 Å². The van der Waals surface area contributed by atoms with E-state index in [4.69, 9.17) is 0 Å². The van der Waals surface area contributed by atoms with Gasteiger partial charge >= 0.3 is 0 Å². The van der Waals surface area contributed by atoms with Gasteiger partial charge < -0.3 is 14.4 Å². The molecule has 0 spiro atoms. The summed E-state index contributed by atoms with van der Waals surface area (Å²) in [5, 5.41) is 9.49. The van der Waals surface area contributed by atoms with Crippen LogP contribution in [0.3, 0.4) is 0 Å². The lowest BCUT2D eigenvalue weighted by Gasteiger charge is -2.38. The van der Waals surface area contributed by atoms with Gasteiger partial charge in [-0.2, -0.15) is 0 Å². The van der Waals surface area contributed by atoms with E-state index in [-0.39, 0.29) is 6.42 Å². The number of rotatable bonds is 10. The van der Waals surface area contributed by atoms with E-state index in [1.165, 1.54) is 56.3 Å². The Hall–Kier alpha value is -0.570. The summed E-state index contributed by atoms with van der Waals surface area (Å²) >= 11 is 0. The Balaban J connectivity index is 0.